The van der Waals surface area contributed by atoms with Crippen LogP contribution in [-0.4, -0.2) is 11.2 Å². The van der Waals surface area contributed by atoms with Crippen molar-refractivity contribution in [2.24, 2.45) is 0 Å². The van der Waals surface area contributed by atoms with E-state index in [0.29, 0.717) is 0 Å². The summed E-state index contributed by atoms with van der Waals surface area (Å²) in [5, 5.41) is 9.29. The summed E-state index contributed by atoms with van der Waals surface area (Å²) < 4.78 is 0. The normalized spacial score (nSPS) is 14.5. The van der Waals surface area contributed by atoms with Crippen molar-refractivity contribution in [3.05, 3.63) is 64.7 Å². The smallest absolute Gasteiger partial charge is 0.0696 e. The number of aliphatic hydroxyl groups excluding tert-OH is 1. The topological polar surface area (TPSA) is 20.2 Å². The van der Waals surface area contributed by atoms with Crippen LogP contribution in [0.15, 0.2) is 42.5 Å². The lowest BCUT2D eigenvalue weighted by molar-refractivity contribution is 0.245. The van der Waals surface area contributed by atoms with E-state index in [1.165, 1.54) is 27.8 Å². The Bertz CT molecular complexity index is 651. The van der Waals surface area contributed by atoms with Crippen LogP contribution in [0.2, 0.25) is 0 Å². The Hall–Kier alpha value is -1.86. The van der Waals surface area contributed by atoms with Crippen LogP contribution in [-0.2, 0) is 6.42 Å². The molecule has 0 aromatic heterocycles. The van der Waals surface area contributed by atoms with Gasteiger partial charge in [-0.1, -0.05) is 54.1 Å². The Labute approximate surface area is 114 Å². The molecule has 0 aliphatic heterocycles. The van der Waals surface area contributed by atoms with Crippen molar-refractivity contribution in [1.29, 1.82) is 0 Å². The molecule has 1 N–H and O–H groups in total. The van der Waals surface area contributed by atoms with E-state index in [1.807, 2.05) is 12.2 Å². The first-order valence-electron chi connectivity index (χ1n) is 6.72. The lowest BCUT2D eigenvalue weighted by atomic mass is 10.0. The summed E-state index contributed by atoms with van der Waals surface area (Å²) in [5.74, 6) is 0. The lowest BCUT2D eigenvalue weighted by Gasteiger charge is -2.03. The van der Waals surface area contributed by atoms with Gasteiger partial charge in [-0.15, -0.1) is 0 Å². The molecule has 0 amide bonds. The minimum Gasteiger partial charge on any atom is -0.389 e. The number of hydrogen-bond acceptors (Lipinski definition) is 1. The van der Waals surface area contributed by atoms with Crippen LogP contribution in [0.1, 0.15) is 29.2 Å². The van der Waals surface area contributed by atoms with Crippen LogP contribution in [0, 0.1) is 6.92 Å². The molecule has 2 aromatic rings. The Balaban J connectivity index is 1.98. The maximum atomic E-state index is 9.29. The molecular weight excluding hydrogens is 232 g/mol. The van der Waals surface area contributed by atoms with Gasteiger partial charge in [0.05, 0.1) is 6.10 Å². The third-order valence-electron chi connectivity index (χ3n) is 3.63. The number of hydrogen-bond donors (Lipinski definition) is 1. The summed E-state index contributed by atoms with van der Waals surface area (Å²) in [6.45, 7) is 3.91. The van der Waals surface area contributed by atoms with Gasteiger partial charge in [-0.05, 0) is 48.1 Å². The first-order valence-corrected chi connectivity index (χ1v) is 6.72. The molecule has 1 nitrogen and oxygen atoms in total. The molecule has 3 rings (SSSR count). The van der Waals surface area contributed by atoms with Crippen LogP contribution < -0.4 is 0 Å². The van der Waals surface area contributed by atoms with Crippen LogP contribution in [0.25, 0.3) is 17.2 Å². The third kappa shape index (κ3) is 2.34. The van der Waals surface area contributed by atoms with E-state index in [-0.39, 0.29) is 0 Å². The summed E-state index contributed by atoms with van der Waals surface area (Å²) in [4.78, 5) is 0. The molecule has 0 fully saturated rings. The molecule has 0 spiro atoms. The van der Waals surface area contributed by atoms with E-state index in [4.69, 9.17) is 0 Å². The highest BCUT2D eigenvalue weighted by Crippen LogP contribution is 2.37. The standard InChI is InChI=1S/C18H18O/c1-12-3-7-17-15(9-12)11-16-10-14(5-4-13(2)19)6-8-18(16)17/h3-10,13,19H,11H2,1-2H3/b5-4+. The molecule has 1 unspecified atom stereocenters. The molecule has 0 radical (unpaired) electrons. The summed E-state index contributed by atoms with van der Waals surface area (Å²) in [7, 11) is 0. The Morgan fingerprint density at radius 2 is 1.74 bits per heavy atom. The second kappa shape index (κ2) is 4.67. The first kappa shape index (κ1) is 12.2. The van der Waals surface area contributed by atoms with Gasteiger partial charge in [-0.3, -0.25) is 0 Å². The van der Waals surface area contributed by atoms with E-state index in [1.54, 1.807) is 6.92 Å². The fraction of sp³-hybridized carbons (Fsp3) is 0.222. The highest BCUT2D eigenvalue weighted by atomic mass is 16.3. The zero-order valence-corrected chi connectivity index (χ0v) is 11.4. The molecule has 1 heteroatoms. The van der Waals surface area contributed by atoms with Crippen molar-refractivity contribution in [2.45, 2.75) is 26.4 Å². The van der Waals surface area contributed by atoms with Crippen LogP contribution in [0.5, 0.6) is 0 Å². The van der Waals surface area contributed by atoms with E-state index >= 15 is 0 Å². The van der Waals surface area contributed by atoms with Gasteiger partial charge in [0.2, 0.25) is 0 Å². The number of aliphatic hydroxyl groups is 1. The Kier molecular flexibility index (Phi) is 3.00. The van der Waals surface area contributed by atoms with E-state index in [0.717, 1.165) is 12.0 Å². The van der Waals surface area contributed by atoms with Crippen molar-refractivity contribution in [3.63, 3.8) is 0 Å². The molecule has 0 saturated carbocycles. The zero-order chi connectivity index (χ0) is 13.4. The monoisotopic (exact) mass is 250 g/mol. The molecule has 96 valence electrons. The molecule has 0 saturated heterocycles. The van der Waals surface area contributed by atoms with Crippen LogP contribution in [0.4, 0.5) is 0 Å². The second-order valence-corrected chi connectivity index (χ2v) is 5.35. The molecular formula is C18H18O. The van der Waals surface area contributed by atoms with Crippen molar-refractivity contribution in [2.75, 3.05) is 0 Å². The highest BCUT2D eigenvalue weighted by Gasteiger charge is 2.17. The summed E-state index contributed by atoms with van der Waals surface area (Å²) in [5.41, 5.74) is 8.00. The number of rotatable bonds is 2. The summed E-state index contributed by atoms with van der Waals surface area (Å²) in [6, 6.07) is 13.2. The van der Waals surface area contributed by atoms with Crippen LogP contribution in [0.3, 0.4) is 0 Å². The maximum Gasteiger partial charge on any atom is 0.0696 e. The van der Waals surface area contributed by atoms with E-state index in [2.05, 4.69) is 43.3 Å². The Morgan fingerprint density at radius 1 is 1.05 bits per heavy atom. The van der Waals surface area contributed by atoms with Crippen molar-refractivity contribution >= 4 is 6.08 Å². The second-order valence-electron chi connectivity index (χ2n) is 5.35. The average molecular weight is 250 g/mol. The van der Waals surface area contributed by atoms with Gasteiger partial charge in [-0.2, -0.15) is 0 Å². The highest BCUT2D eigenvalue weighted by molar-refractivity contribution is 5.78. The van der Waals surface area contributed by atoms with Gasteiger partial charge in [0.25, 0.3) is 0 Å². The fourth-order valence-corrected chi connectivity index (χ4v) is 2.71. The van der Waals surface area contributed by atoms with E-state index < -0.39 is 6.10 Å². The molecule has 1 atom stereocenters. The first-order chi connectivity index (χ1) is 9.13. The average Bonchev–Trinajstić information content (AvgIpc) is 2.72. The number of fused-ring (bicyclic) bond motifs is 3. The molecule has 0 bridgehead atoms. The number of aryl methyl sites for hydroxylation is 1. The number of benzene rings is 2. The third-order valence-corrected chi connectivity index (χ3v) is 3.63. The molecule has 0 heterocycles. The quantitative estimate of drug-likeness (QED) is 0.730. The van der Waals surface area contributed by atoms with Crippen molar-refractivity contribution in [3.8, 4) is 11.1 Å². The van der Waals surface area contributed by atoms with E-state index in [9.17, 15) is 5.11 Å². The fourth-order valence-electron chi connectivity index (χ4n) is 2.71. The van der Waals surface area contributed by atoms with Gasteiger partial charge in [-0.25, -0.2) is 0 Å². The predicted octanol–water partition coefficient (Wildman–Crippen LogP) is 3.96. The maximum absolute atomic E-state index is 9.29. The summed E-state index contributed by atoms with van der Waals surface area (Å²) in [6.07, 6.45) is 4.42. The van der Waals surface area contributed by atoms with Gasteiger partial charge in [0, 0.05) is 0 Å². The molecule has 1 aliphatic carbocycles. The van der Waals surface area contributed by atoms with Crippen molar-refractivity contribution in [1.82, 2.24) is 0 Å². The summed E-state index contributed by atoms with van der Waals surface area (Å²) >= 11 is 0. The van der Waals surface area contributed by atoms with Gasteiger partial charge in [0.15, 0.2) is 0 Å². The largest absolute Gasteiger partial charge is 0.389 e. The Morgan fingerprint density at radius 3 is 2.47 bits per heavy atom. The van der Waals surface area contributed by atoms with Gasteiger partial charge >= 0.3 is 0 Å². The zero-order valence-electron chi connectivity index (χ0n) is 11.4. The lowest BCUT2D eigenvalue weighted by Crippen LogP contribution is -1.91. The SMILES string of the molecule is Cc1ccc2c(c1)Cc1cc(/C=C/C(C)O)ccc1-2. The van der Waals surface area contributed by atoms with Crippen molar-refractivity contribution < 1.29 is 5.11 Å². The molecule has 2 aromatic carbocycles. The minimum atomic E-state index is -0.395. The van der Waals surface area contributed by atoms with Gasteiger partial charge < -0.3 is 5.11 Å². The molecule has 1 aliphatic rings. The minimum absolute atomic E-state index is 0.395. The molecule has 19 heavy (non-hydrogen) atoms. The van der Waals surface area contributed by atoms with Crippen LogP contribution >= 0.6 is 0 Å². The van der Waals surface area contributed by atoms with Gasteiger partial charge in [0.1, 0.15) is 0 Å². The predicted molar refractivity (Wildman–Crippen MR) is 80.1 cm³/mol.